The lowest BCUT2D eigenvalue weighted by molar-refractivity contribution is -0.384. The molecule has 4 N–H and O–H groups in total. The lowest BCUT2D eigenvalue weighted by atomic mass is 9.59. The van der Waals surface area contributed by atoms with Crippen LogP contribution in [0, 0.1) is 21.4 Å². The zero-order chi connectivity index (χ0) is 51.8. The van der Waals surface area contributed by atoms with Gasteiger partial charge in [0.1, 0.15) is 28.6 Å². The number of aromatic nitrogens is 2. The maximum Gasteiger partial charge on any atom is 0.293 e. The number of nitrogens with zero attached hydrogens (tertiary/aromatic N) is 5. The molecule has 0 radical (unpaired) electrons. The van der Waals surface area contributed by atoms with E-state index >= 15 is 0 Å². The Hall–Kier alpha value is -6.53. The van der Waals surface area contributed by atoms with Crippen molar-refractivity contribution in [1.82, 2.24) is 24.5 Å². The summed E-state index contributed by atoms with van der Waals surface area (Å²) in [6, 6.07) is 30.6. The number of ether oxygens (including phenoxy) is 2. The predicted molar refractivity (Wildman–Crippen MR) is 287 cm³/mol. The summed E-state index contributed by atoms with van der Waals surface area (Å²) < 4.78 is 41.7. The van der Waals surface area contributed by atoms with Gasteiger partial charge in [0.15, 0.2) is 0 Å². The molecule has 74 heavy (non-hydrogen) atoms. The Labute approximate surface area is 433 Å². The smallest absolute Gasteiger partial charge is 0.293 e. The molecule has 0 bridgehead atoms. The molecule has 4 aliphatic rings. The number of H-pyrrole nitrogens is 1. The van der Waals surface area contributed by atoms with E-state index in [0.717, 1.165) is 101 Å². The second-order valence-corrected chi connectivity index (χ2v) is 23.4. The van der Waals surface area contributed by atoms with Gasteiger partial charge in [0.2, 0.25) is 0 Å². The number of hydrogen-bond donors (Lipinski definition) is 4. The second kappa shape index (κ2) is 21.0. The summed E-state index contributed by atoms with van der Waals surface area (Å²) in [6.45, 7) is 12.3. The number of nitrogens with one attached hydrogen (secondary N) is 3. The summed E-state index contributed by atoms with van der Waals surface area (Å²) in [5.74, 6) is 1.04. The predicted octanol–water partition coefficient (Wildman–Crippen LogP) is 10.2. The monoisotopic (exact) mass is 1020 g/mol. The number of carbonyl (C=O) groups excluding carboxylic acids is 1. The fourth-order valence-corrected chi connectivity index (χ4v) is 12.9. The molecule has 4 aromatic carbocycles. The number of amides is 1. The van der Waals surface area contributed by atoms with Crippen molar-refractivity contribution in [3.05, 3.63) is 142 Å². The molecule has 1 amide bonds. The number of piperazine rings is 1. The number of aromatic amines is 1. The van der Waals surface area contributed by atoms with Gasteiger partial charge in [-0.15, -0.1) is 0 Å². The number of carbonyl (C=O) groups is 1. The second-order valence-electron chi connectivity index (χ2n) is 21.7. The summed E-state index contributed by atoms with van der Waals surface area (Å²) in [6.07, 6.45) is 10.4. The van der Waals surface area contributed by atoms with Gasteiger partial charge in [0, 0.05) is 87.3 Å². The van der Waals surface area contributed by atoms with E-state index in [-0.39, 0.29) is 28.3 Å². The molecule has 2 aromatic heterocycles. The SMILES string of the molecule is COc1ccc(CN2CCN(C3CC4(CCN(c5ccc(C(=O)NS(=O)(=O)c6ccc(NCC7CCC(C)(O)CC7)c([N+](=O)[O-])c6)c(Oc6cnc7[nH]ccc7c6)c5)CC4)C3)C(c3ccccc3C(C)C)C2)cc1. The third-order valence-electron chi connectivity index (χ3n) is 16.3. The van der Waals surface area contributed by atoms with Crippen LogP contribution in [0.2, 0.25) is 0 Å². The molecule has 16 nitrogen and oxygen atoms in total. The van der Waals surface area contributed by atoms with Crippen LogP contribution in [0.3, 0.4) is 0 Å². The van der Waals surface area contributed by atoms with Crippen LogP contribution in [-0.4, -0.2) is 102 Å². The summed E-state index contributed by atoms with van der Waals surface area (Å²) >= 11 is 0. The van der Waals surface area contributed by atoms with E-state index < -0.39 is 37.0 Å². The molecule has 2 saturated heterocycles. The highest BCUT2D eigenvalue weighted by Crippen LogP contribution is 2.53. The molecule has 2 saturated carbocycles. The number of rotatable bonds is 16. The molecule has 2 aliphatic carbocycles. The molecule has 2 aliphatic heterocycles. The molecule has 6 aromatic rings. The fraction of sp³-hybridized carbons (Fsp3) is 0.439. The minimum atomic E-state index is -4.59. The first-order chi connectivity index (χ1) is 35.5. The van der Waals surface area contributed by atoms with Gasteiger partial charge in [0.05, 0.1) is 34.3 Å². The minimum absolute atomic E-state index is 0.0289. The summed E-state index contributed by atoms with van der Waals surface area (Å²) in [5.41, 5.74) is 4.87. The van der Waals surface area contributed by atoms with E-state index in [2.05, 4.69) is 85.0 Å². The largest absolute Gasteiger partial charge is 0.497 e. The van der Waals surface area contributed by atoms with Crippen LogP contribution >= 0.6 is 0 Å². The Bertz CT molecular complexity index is 3100. The Morgan fingerprint density at radius 1 is 0.932 bits per heavy atom. The Kier molecular flexibility index (Phi) is 14.5. The third kappa shape index (κ3) is 11.1. The van der Waals surface area contributed by atoms with Crippen LogP contribution in [0.4, 0.5) is 17.1 Å². The number of nitro groups is 1. The van der Waals surface area contributed by atoms with E-state index in [4.69, 9.17) is 9.47 Å². The number of fused-ring (bicyclic) bond motifs is 1. The van der Waals surface area contributed by atoms with Crippen molar-refractivity contribution in [1.29, 1.82) is 0 Å². The molecular formula is C57H68N8O8S. The van der Waals surface area contributed by atoms with E-state index in [1.54, 1.807) is 37.7 Å². The van der Waals surface area contributed by atoms with Gasteiger partial charge in [-0.1, -0.05) is 50.2 Å². The quantitative estimate of drug-likeness (QED) is 0.0529. The number of sulfonamides is 1. The maximum atomic E-state index is 14.1. The van der Waals surface area contributed by atoms with Gasteiger partial charge in [-0.25, -0.2) is 18.1 Å². The normalized spacial score (nSPS) is 21.6. The van der Waals surface area contributed by atoms with Crippen LogP contribution in [0.15, 0.2) is 114 Å². The number of methoxy groups -OCH3 is 1. The van der Waals surface area contributed by atoms with Gasteiger partial charge in [-0.3, -0.25) is 24.7 Å². The first-order valence-electron chi connectivity index (χ1n) is 26.1. The number of piperidine rings is 1. The van der Waals surface area contributed by atoms with Gasteiger partial charge < -0.3 is 29.8 Å². The number of hydrogen-bond acceptors (Lipinski definition) is 13. The summed E-state index contributed by atoms with van der Waals surface area (Å²) in [7, 11) is -2.89. The number of nitro benzene ring substituents is 1. The highest BCUT2D eigenvalue weighted by Gasteiger charge is 2.50. The summed E-state index contributed by atoms with van der Waals surface area (Å²) in [4.78, 5) is 40.5. The van der Waals surface area contributed by atoms with Gasteiger partial charge in [-0.05, 0) is 141 Å². The zero-order valence-corrected chi connectivity index (χ0v) is 43.6. The van der Waals surface area contributed by atoms with Crippen LogP contribution in [0.5, 0.6) is 17.2 Å². The van der Waals surface area contributed by atoms with Crippen molar-refractivity contribution >= 4 is 44.0 Å². The molecule has 1 atom stereocenters. The molecule has 390 valence electrons. The van der Waals surface area contributed by atoms with Crippen molar-refractivity contribution in [2.24, 2.45) is 11.3 Å². The van der Waals surface area contributed by atoms with Crippen LogP contribution in [-0.2, 0) is 16.6 Å². The summed E-state index contributed by atoms with van der Waals surface area (Å²) in [5, 5.41) is 26.5. The minimum Gasteiger partial charge on any atom is -0.497 e. The Morgan fingerprint density at radius 3 is 2.42 bits per heavy atom. The molecule has 1 spiro atoms. The van der Waals surface area contributed by atoms with Crippen molar-refractivity contribution in [3.8, 4) is 17.2 Å². The van der Waals surface area contributed by atoms with Crippen molar-refractivity contribution in [2.45, 2.75) is 107 Å². The average molecular weight is 1030 g/mol. The molecule has 4 heterocycles. The van der Waals surface area contributed by atoms with Gasteiger partial charge >= 0.3 is 0 Å². The molecule has 1 unspecified atom stereocenters. The standard InChI is InChI=1S/C57H68N8O8S/c1-38(2)47-7-5-6-8-48(47)52-37-62(36-40-9-12-44(72-4)13-10-40)27-28-64(52)43-32-57(33-43)22-25-63(26-23-57)42-11-15-49(53(30-42)73-45-29-41-19-24-58-54(41)60-35-45)55(66)61-74(70,71)46-14-16-50(51(31-46)65(68)69)59-34-39-17-20-56(3,67)21-18-39/h5-16,19,24,29-31,35,38-39,43,52,59,67H,17-18,20-23,25-28,32-34,36-37H2,1-4H3,(H,58,60)(H,61,66). The van der Waals surface area contributed by atoms with Crippen molar-refractivity contribution in [2.75, 3.05) is 56.6 Å². The Morgan fingerprint density at radius 2 is 1.69 bits per heavy atom. The first-order valence-corrected chi connectivity index (χ1v) is 27.5. The Balaban J connectivity index is 0.830. The van der Waals surface area contributed by atoms with E-state index in [1.807, 2.05) is 31.2 Å². The lowest BCUT2D eigenvalue weighted by Gasteiger charge is -2.58. The maximum absolute atomic E-state index is 14.1. The highest BCUT2D eigenvalue weighted by molar-refractivity contribution is 7.90. The lowest BCUT2D eigenvalue weighted by Crippen LogP contribution is -2.60. The van der Waals surface area contributed by atoms with Crippen LogP contribution < -0.4 is 24.4 Å². The van der Waals surface area contributed by atoms with Crippen molar-refractivity contribution < 1.29 is 32.7 Å². The molecule has 4 fully saturated rings. The molecular weight excluding hydrogens is 957 g/mol. The zero-order valence-electron chi connectivity index (χ0n) is 42.8. The number of benzene rings is 4. The van der Waals surface area contributed by atoms with Crippen molar-refractivity contribution in [3.63, 3.8) is 0 Å². The average Bonchev–Trinajstić information content (AvgIpc) is 3.86. The van der Waals surface area contributed by atoms with Crippen LogP contribution in [0.25, 0.3) is 11.0 Å². The van der Waals surface area contributed by atoms with E-state index in [9.17, 15) is 28.4 Å². The fourth-order valence-electron chi connectivity index (χ4n) is 11.9. The van der Waals surface area contributed by atoms with E-state index in [0.29, 0.717) is 48.8 Å². The van der Waals surface area contributed by atoms with Gasteiger partial charge in [0.25, 0.3) is 21.6 Å². The molecule has 10 rings (SSSR count). The third-order valence-corrected chi connectivity index (χ3v) is 17.7. The topological polar surface area (TPSA) is 195 Å². The number of pyridine rings is 1. The number of anilines is 2. The van der Waals surface area contributed by atoms with E-state index in [1.165, 1.54) is 28.8 Å². The molecule has 17 heteroatoms. The first kappa shape index (κ1) is 51.0. The van der Waals surface area contributed by atoms with Crippen LogP contribution in [0.1, 0.15) is 111 Å². The number of aliphatic hydroxyl groups is 1. The highest BCUT2D eigenvalue weighted by atomic mass is 32.2. The van der Waals surface area contributed by atoms with Gasteiger partial charge in [-0.2, -0.15) is 0 Å².